The maximum absolute atomic E-state index is 11.8. The largest absolute Gasteiger partial charge is 0.444 e. The van der Waals surface area contributed by atoms with E-state index in [-0.39, 0.29) is 0 Å². The van der Waals surface area contributed by atoms with Crippen molar-refractivity contribution in [2.45, 2.75) is 26.4 Å². The summed E-state index contributed by atoms with van der Waals surface area (Å²) in [6.07, 6.45) is 2.86. The van der Waals surface area contributed by atoms with E-state index < -0.39 is 11.7 Å². The molecule has 1 aromatic carbocycles. The fourth-order valence-electron chi connectivity index (χ4n) is 2.04. The minimum atomic E-state index is -0.545. The summed E-state index contributed by atoms with van der Waals surface area (Å²) >= 11 is 0. The van der Waals surface area contributed by atoms with E-state index in [1.165, 1.54) is 0 Å². The highest BCUT2D eigenvalue weighted by Gasteiger charge is 2.16. The number of pyridine rings is 1. The molecule has 1 amide bonds. The topological polar surface area (TPSA) is 77.2 Å². The molecular weight excluding hydrogens is 294 g/mol. The summed E-state index contributed by atoms with van der Waals surface area (Å²) in [6.45, 7) is 5.44. The summed E-state index contributed by atoms with van der Waals surface area (Å²) < 4.78 is 10.9. The fourth-order valence-corrected chi connectivity index (χ4v) is 2.04. The first-order valence-corrected chi connectivity index (χ1v) is 7.22. The van der Waals surface area contributed by atoms with E-state index in [1.54, 1.807) is 30.6 Å². The molecule has 3 aromatic rings. The van der Waals surface area contributed by atoms with Crippen LogP contribution in [0.5, 0.6) is 0 Å². The zero-order valence-electron chi connectivity index (χ0n) is 13.2. The van der Waals surface area contributed by atoms with Gasteiger partial charge in [-0.25, -0.2) is 9.78 Å². The molecule has 0 bridgehead atoms. The van der Waals surface area contributed by atoms with Crippen molar-refractivity contribution in [2.75, 3.05) is 5.32 Å². The molecule has 3 rings (SSSR count). The van der Waals surface area contributed by atoms with Crippen molar-refractivity contribution in [1.29, 1.82) is 0 Å². The third-order valence-corrected chi connectivity index (χ3v) is 2.96. The van der Waals surface area contributed by atoms with E-state index in [4.69, 9.17) is 9.15 Å². The SMILES string of the molecule is CC(C)(C)OC(=O)Nc1ccc2oc(-c3ccncc3)nc2c1. The number of fused-ring (bicyclic) bond motifs is 1. The van der Waals surface area contributed by atoms with Gasteiger partial charge in [-0.1, -0.05) is 0 Å². The molecule has 6 nitrogen and oxygen atoms in total. The Bertz CT molecular complexity index is 835. The van der Waals surface area contributed by atoms with Gasteiger partial charge in [-0.3, -0.25) is 10.3 Å². The van der Waals surface area contributed by atoms with Gasteiger partial charge in [-0.2, -0.15) is 0 Å². The number of ether oxygens (including phenoxy) is 1. The zero-order valence-corrected chi connectivity index (χ0v) is 13.2. The molecule has 2 heterocycles. The molecule has 0 radical (unpaired) electrons. The van der Waals surface area contributed by atoms with Gasteiger partial charge in [0, 0.05) is 23.6 Å². The van der Waals surface area contributed by atoms with Gasteiger partial charge in [0.05, 0.1) is 0 Å². The molecule has 0 fully saturated rings. The molecule has 0 aliphatic carbocycles. The van der Waals surface area contributed by atoms with Crippen molar-refractivity contribution in [3.63, 3.8) is 0 Å². The Balaban J connectivity index is 1.84. The van der Waals surface area contributed by atoms with Crippen LogP contribution in [0.4, 0.5) is 10.5 Å². The molecule has 0 unspecified atom stereocenters. The number of amides is 1. The number of rotatable bonds is 2. The Morgan fingerprint density at radius 1 is 1.17 bits per heavy atom. The smallest absolute Gasteiger partial charge is 0.412 e. The van der Waals surface area contributed by atoms with Crippen LogP contribution in [0.15, 0.2) is 47.1 Å². The first kappa shape index (κ1) is 15.0. The molecular formula is C17H17N3O3. The lowest BCUT2D eigenvalue weighted by atomic mass is 10.2. The van der Waals surface area contributed by atoms with Gasteiger partial charge in [0.15, 0.2) is 5.58 Å². The Morgan fingerprint density at radius 2 is 1.91 bits per heavy atom. The van der Waals surface area contributed by atoms with Crippen molar-refractivity contribution in [1.82, 2.24) is 9.97 Å². The van der Waals surface area contributed by atoms with Crippen molar-refractivity contribution in [2.24, 2.45) is 0 Å². The number of carbonyl (C=O) groups excluding carboxylic acids is 1. The average molecular weight is 311 g/mol. The van der Waals surface area contributed by atoms with Crippen LogP contribution in [0.2, 0.25) is 0 Å². The van der Waals surface area contributed by atoms with Crippen LogP contribution < -0.4 is 5.32 Å². The van der Waals surface area contributed by atoms with E-state index >= 15 is 0 Å². The van der Waals surface area contributed by atoms with Gasteiger partial charge in [-0.15, -0.1) is 0 Å². The second-order valence-corrected chi connectivity index (χ2v) is 6.06. The molecule has 23 heavy (non-hydrogen) atoms. The van der Waals surface area contributed by atoms with Gasteiger partial charge < -0.3 is 9.15 Å². The van der Waals surface area contributed by atoms with Crippen LogP contribution in [0.25, 0.3) is 22.6 Å². The zero-order chi connectivity index (χ0) is 16.4. The van der Waals surface area contributed by atoms with Crippen LogP contribution in [0.1, 0.15) is 20.8 Å². The number of aromatic nitrogens is 2. The number of benzene rings is 1. The Labute approximate surface area is 133 Å². The minimum absolute atomic E-state index is 0.505. The molecule has 0 atom stereocenters. The lowest BCUT2D eigenvalue weighted by molar-refractivity contribution is 0.0636. The van der Waals surface area contributed by atoms with Crippen molar-refractivity contribution < 1.29 is 13.9 Å². The monoisotopic (exact) mass is 311 g/mol. The Kier molecular flexibility index (Phi) is 3.73. The van der Waals surface area contributed by atoms with Crippen LogP contribution in [0.3, 0.4) is 0 Å². The number of nitrogens with zero attached hydrogens (tertiary/aromatic N) is 2. The molecule has 0 aliphatic heterocycles. The molecule has 0 saturated heterocycles. The lowest BCUT2D eigenvalue weighted by Gasteiger charge is -2.19. The lowest BCUT2D eigenvalue weighted by Crippen LogP contribution is -2.27. The van der Waals surface area contributed by atoms with Crippen LogP contribution in [-0.4, -0.2) is 21.7 Å². The van der Waals surface area contributed by atoms with Gasteiger partial charge >= 0.3 is 6.09 Å². The molecule has 118 valence electrons. The number of carbonyl (C=O) groups is 1. The van der Waals surface area contributed by atoms with Crippen LogP contribution in [-0.2, 0) is 4.74 Å². The van der Waals surface area contributed by atoms with Gasteiger partial charge in [0.2, 0.25) is 5.89 Å². The molecule has 2 aromatic heterocycles. The van der Waals surface area contributed by atoms with Crippen LogP contribution in [0, 0.1) is 0 Å². The highest BCUT2D eigenvalue weighted by atomic mass is 16.6. The van der Waals surface area contributed by atoms with E-state index in [2.05, 4.69) is 15.3 Å². The van der Waals surface area contributed by atoms with Gasteiger partial charge in [0.1, 0.15) is 11.1 Å². The molecule has 6 heteroatoms. The summed E-state index contributed by atoms with van der Waals surface area (Å²) in [4.78, 5) is 20.2. The third kappa shape index (κ3) is 3.66. The van der Waals surface area contributed by atoms with Crippen molar-refractivity contribution in [3.8, 4) is 11.5 Å². The Hall–Kier alpha value is -2.89. The standard InChI is InChI=1S/C17H17N3O3/c1-17(2,3)23-16(21)19-12-4-5-14-13(10-12)20-15(22-14)11-6-8-18-9-7-11/h4-10H,1-3H3,(H,19,21). The summed E-state index contributed by atoms with van der Waals surface area (Å²) in [6, 6.07) is 8.90. The number of nitrogens with one attached hydrogen (secondary N) is 1. The summed E-state index contributed by atoms with van der Waals surface area (Å²) in [7, 11) is 0. The third-order valence-electron chi connectivity index (χ3n) is 2.96. The predicted octanol–water partition coefficient (Wildman–Crippen LogP) is 4.24. The number of anilines is 1. The predicted molar refractivity (Wildman–Crippen MR) is 87.1 cm³/mol. The number of hydrogen-bond donors (Lipinski definition) is 1. The quantitative estimate of drug-likeness (QED) is 0.766. The van der Waals surface area contributed by atoms with Crippen molar-refractivity contribution in [3.05, 3.63) is 42.7 Å². The summed E-state index contributed by atoms with van der Waals surface area (Å²) in [5.74, 6) is 0.511. The molecule has 0 spiro atoms. The van der Waals surface area contributed by atoms with E-state index in [1.807, 2.05) is 32.9 Å². The van der Waals surface area contributed by atoms with Gasteiger partial charge in [-0.05, 0) is 51.1 Å². The maximum Gasteiger partial charge on any atom is 0.412 e. The summed E-state index contributed by atoms with van der Waals surface area (Å²) in [5.41, 5.74) is 2.20. The first-order valence-electron chi connectivity index (χ1n) is 7.22. The average Bonchev–Trinajstić information content (AvgIpc) is 2.89. The van der Waals surface area contributed by atoms with E-state index in [9.17, 15) is 4.79 Å². The molecule has 1 N–H and O–H groups in total. The maximum atomic E-state index is 11.8. The summed E-state index contributed by atoms with van der Waals surface area (Å²) in [5, 5.41) is 2.69. The highest BCUT2D eigenvalue weighted by molar-refractivity contribution is 5.88. The van der Waals surface area contributed by atoms with Crippen LogP contribution >= 0.6 is 0 Å². The molecule has 0 aliphatic rings. The van der Waals surface area contributed by atoms with E-state index in [0.29, 0.717) is 22.7 Å². The second-order valence-electron chi connectivity index (χ2n) is 6.06. The Morgan fingerprint density at radius 3 is 2.61 bits per heavy atom. The van der Waals surface area contributed by atoms with Gasteiger partial charge in [0.25, 0.3) is 0 Å². The minimum Gasteiger partial charge on any atom is -0.444 e. The fraction of sp³-hybridized carbons (Fsp3) is 0.235. The second kappa shape index (κ2) is 5.72. The number of hydrogen-bond acceptors (Lipinski definition) is 5. The molecule has 0 saturated carbocycles. The van der Waals surface area contributed by atoms with E-state index in [0.717, 1.165) is 5.56 Å². The van der Waals surface area contributed by atoms with Crippen molar-refractivity contribution >= 4 is 22.9 Å². The number of oxazole rings is 1. The highest BCUT2D eigenvalue weighted by Crippen LogP contribution is 2.26. The normalized spacial score (nSPS) is 11.4. The first-order chi connectivity index (χ1) is 10.9.